The summed E-state index contributed by atoms with van der Waals surface area (Å²) in [6.45, 7) is 1.91. The smallest absolute Gasteiger partial charge is 0.330 e. The summed E-state index contributed by atoms with van der Waals surface area (Å²) in [7, 11) is 1.30. The van der Waals surface area contributed by atoms with Crippen molar-refractivity contribution in [2.75, 3.05) is 13.7 Å². The number of amides is 1. The van der Waals surface area contributed by atoms with Gasteiger partial charge in [0.25, 0.3) is 5.91 Å². The molecule has 0 spiro atoms. The van der Waals surface area contributed by atoms with Gasteiger partial charge in [-0.2, -0.15) is 0 Å². The first-order valence-electron chi connectivity index (χ1n) is 7.28. The lowest BCUT2D eigenvalue weighted by Gasteiger charge is -2.15. The SMILES string of the molecule is COC(=O)/C=C/CNC(=O)C(C)Oc1cccc2ccccc12. The van der Waals surface area contributed by atoms with Gasteiger partial charge in [-0.1, -0.05) is 42.5 Å². The third kappa shape index (κ3) is 4.57. The van der Waals surface area contributed by atoms with E-state index in [0.717, 1.165) is 10.8 Å². The maximum Gasteiger partial charge on any atom is 0.330 e. The van der Waals surface area contributed by atoms with Crippen molar-refractivity contribution in [3.8, 4) is 5.75 Å². The first-order valence-corrected chi connectivity index (χ1v) is 7.28. The van der Waals surface area contributed by atoms with Crippen molar-refractivity contribution in [3.05, 3.63) is 54.6 Å². The van der Waals surface area contributed by atoms with Gasteiger partial charge in [0, 0.05) is 18.0 Å². The van der Waals surface area contributed by atoms with Crippen LogP contribution in [0.25, 0.3) is 10.8 Å². The van der Waals surface area contributed by atoms with E-state index in [1.54, 1.807) is 6.92 Å². The Bertz CT molecular complexity index is 719. The van der Waals surface area contributed by atoms with Crippen LogP contribution in [0.5, 0.6) is 5.75 Å². The molecule has 1 N–H and O–H groups in total. The predicted octanol–water partition coefficient (Wildman–Crippen LogP) is 2.45. The Balaban J connectivity index is 1.95. The molecule has 120 valence electrons. The summed E-state index contributed by atoms with van der Waals surface area (Å²) in [4.78, 5) is 22.9. The fraction of sp³-hybridized carbons (Fsp3) is 0.222. The average molecular weight is 313 g/mol. The van der Waals surface area contributed by atoms with Gasteiger partial charge in [-0.05, 0) is 18.4 Å². The molecule has 0 fully saturated rings. The number of fused-ring (bicyclic) bond motifs is 1. The fourth-order valence-electron chi connectivity index (χ4n) is 2.07. The lowest BCUT2D eigenvalue weighted by atomic mass is 10.1. The van der Waals surface area contributed by atoms with Crippen LogP contribution in [0.2, 0.25) is 0 Å². The molecule has 0 saturated carbocycles. The molecule has 0 radical (unpaired) electrons. The van der Waals surface area contributed by atoms with Gasteiger partial charge in [0.2, 0.25) is 0 Å². The Labute approximate surface area is 134 Å². The number of hydrogen-bond donors (Lipinski definition) is 1. The second-order valence-electron chi connectivity index (χ2n) is 4.91. The molecule has 5 heteroatoms. The van der Waals surface area contributed by atoms with Crippen LogP contribution >= 0.6 is 0 Å². The molecule has 0 aromatic heterocycles. The Morgan fingerprint density at radius 1 is 1.17 bits per heavy atom. The van der Waals surface area contributed by atoms with Gasteiger partial charge < -0.3 is 14.8 Å². The molecule has 1 unspecified atom stereocenters. The first-order chi connectivity index (χ1) is 11.1. The summed E-state index contributed by atoms with van der Waals surface area (Å²) in [5.41, 5.74) is 0. The maximum atomic E-state index is 12.0. The summed E-state index contributed by atoms with van der Waals surface area (Å²) in [6.07, 6.45) is 2.14. The molecule has 1 atom stereocenters. The lowest BCUT2D eigenvalue weighted by Crippen LogP contribution is -2.36. The molecule has 0 aliphatic carbocycles. The summed E-state index contributed by atoms with van der Waals surface area (Å²) in [6, 6.07) is 13.5. The van der Waals surface area contributed by atoms with E-state index in [4.69, 9.17) is 4.74 Å². The minimum absolute atomic E-state index is 0.233. The van der Waals surface area contributed by atoms with Crippen molar-refractivity contribution in [1.29, 1.82) is 0 Å². The van der Waals surface area contributed by atoms with Gasteiger partial charge >= 0.3 is 5.97 Å². The summed E-state index contributed by atoms with van der Waals surface area (Å²) < 4.78 is 10.2. The van der Waals surface area contributed by atoms with Crippen molar-refractivity contribution < 1.29 is 19.1 Å². The molecule has 0 aliphatic rings. The second-order valence-corrected chi connectivity index (χ2v) is 4.91. The molecule has 23 heavy (non-hydrogen) atoms. The van der Waals surface area contributed by atoms with Gasteiger partial charge in [-0.3, -0.25) is 4.79 Å². The number of nitrogens with one attached hydrogen (secondary N) is 1. The largest absolute Gasteiger partial charge is 0.480 e. The van der Waals surface area contributed by atoms with Gasteiger partial charge in [-0.25, -0.2) is 4.79 Å². The van der Waals surface area contributed by atoms with Crippen LogP contribution in [0, 0.1) is 0 Å². The monoisotopic (exact) mass is 313 g/mol. The van der Waals surface area contributed by atoms with Crippen LogP contribution in [-0.4, -0.2) is 31.6 Å². The van der Waals surface area contributed by atoms with Crippen LogP contribution in [-0.2, 0) is 14.3 Å². The average Bonchev–Trinajstić information content (AvgIpc) is 2.58. The highest BCUT2D eigenvalue weighted by Crippen LogP contribution is 2.25. The number of esters is 1. The Hall–Kier alpha value is -2.82. The zero-order valence-corrected chi connectivity index (χ0v) is 13.1. The summed E-state index contributed by atoms with van der Waals surface area (Å²) in [5.74, 6) is -0.0531. The van der Waals surface area contributed by atoms with Crippen molar-refractivity contribution >= 4 is 22.6 Å². The number of carbonyl (C=O) groups excluding carboxylic acids is 2. The van der Waals surface area contributed by atoms with E-state index in [0.29, 0.717) is 5.75 Å². The van der Waals surface area contributed by atoms with Crippen LogP contribution in [0.3, 0.4) is 0 Å². The second kappa shape index (κ2) is 7.98. The summed E-state index contributed by atoms with van der Waals surface area (Å²) in [5, 5.41) is 4.68. The maximum absolute atomic E-state index is 12.0. The van der Waals surface area contributed by atoms with Crippen molar-refractivity contribution in [2.24, 2.45) is 0 Å². The normalized spacial score (nSPS) is 12.1. The third-order valence-electron chi connectivity index (χ3n) is 3.27. The van der Waals surface area contributed by atoms with E-state index < -0.39 is 12.1 Å². The van der Waals surface area contributed by atoms with Crippen LogP contribution in [0.15, 0.2) is 54.6 Å². The predicted molar refractivity (Wildman–Crippen MR) is 88.2 cm³/mol. The van der Waals surface area contributed by atoms with E-state index in [1.165, 1.54) is 19.3 Å². The number of methoxy groups -OCH3 is 1. The van der Waals surface area contributed by atoms with Gasteiger partial charge in [-0.15, -0.1) is 0 Å². The molecule has 2 aromatic rings. The van der Waals surface area contributed by atoms with Crippen LogP contribution in [0.1, 0.15) is 6.92 Å². The zero-order valence-electron chi connectivity index (χ0n) is 13.1. The molecule has 0 heterocycles. The number of hydrogen-bond acceptors (Lipinski definition) is 4. The zero-order chi connectivity index (χ0) is 16.7. The van der Waals surface area contributed by atoms with E-state index in [1.807, 2.05) is 42.5 Å². The van der Waals surface area contributed by atoms with Crippen LogP contribution in [0.4, 0.5) is 0 Å². The van der Waals surface area contributed by atoms with Crippen molar-refractivity contribution in [3.63, 3.8) is 0 Å². The van der Waals surface area contributed by atoms with Gasteiger partial charge in [0.05, 0.1) is 7.11 Å². The van der Waals surface area contributed by atoms with Gasteiger partial charge in [0.15, 0.2) is 6.10 Å². The minimum atomic E-state index is -0.646. The molecular formula is C18H19NO4. The molecule has 2 rings (SSSR count). The molecule has 0 saturated heterocycles. The Kier molecular flexibility index (Phi) is 5.74. The van der Waals surface area contributed by atoms with E-state index in [-0.39, 0.29) is 12.5 Å². The number of carbonyl (C=O) groups is 2. The van der Waals surface area contributed by atoms with E-state index >= 15 is 0 Å². The molecule has 2 aromatic carbocycles. The molecule has 0 aliphatic heterocycles. The van der Waals surface area contributed by atoms with E-state index in [9.17, 15) is 9.59 Å². The standard InChI is InChI=1S/C18H19NO4/c1-13(18(21)19-12-6-11-17(20)22-2)23-16-10-5-8-14-7-3-4-9-15(14)16/h3-11,13H,12H2,1-2H3,(H,19,21)/b11-6+. The lowest BCUT2D eigenvalue weighted by molar-refractivity contribution is -0.135. The highest BCUT2D eigenvalue weighted by atomic mass is 16.5. The number of ether oxygens (including phenoxy) is 2. The Morgan fingerprint density at radius 2 is 1.91 bits per heavy atom. The van der Waals surface area contributed by atoms with Crippen LogP contribution < -0.4 is 10.1 Å². The van der Waals surface area contributed by atoms with Gasteiger partial charge in [0.1, 0.15) is 5.75 Å². The molecule has 0 bridgehead atoms. The minimum Gasteiger partial charge on any atom is -0.480 e. The van der Waals surface area contributed by atoms with Crippen molar-refractivity contribution in [2.45, 2.75) is 13.0 Å². The third-order valence-corrected chi connectivity index (χ3v) is 3.27. The first kappa shape index (κ1) is 16.5. The molecule has 1 amide bonds. The highest BCUT2D eigenvalue weighted by Gasteiger charge is 2.14. The topological polar surface area (TPSA) is 64.6 Å². The van der Waals surface area contributed by atoms with E-state index in [2.05, 4.69) is 10.1 Å². The summed E-state index contributed by atoms with van der Waals surface area (Å²) >= 11 is 0. The number of rotatable bonds is 6. The van der Waals surface area contributed by atoms with Crippen molar-refractivity contribution in [1.82, 2.24) is 5.32 Å². The number of benzene rings is 2. The fourth-order valence-corrected chi connectivity index (χ4v) is 2.07. The quantitative estimate of drug-likeness (QED) is 0.657. The molecule has 5 nitrogen and oxygen atoms in total. The Morgan fingerprint density at radius 3 is 2.70 bits per heavy atom. The molecular weight excluding hydrogens is 294 g/mol. The highest BCUT2D eigenvalue weighted by molar-refractivity contribution is 5.89.